The monoisotopic (exact) mass is 265 g/mol. The molecule has 102 valence electrons. The average Bonchev–Trinajstić information content (AvgIpc) is 2.73. The summed E-state index contributed by atoms with van der Waals surface area (Å²) in [5.74, 6) is 0. The van der Waals surface area contributed by atoms with Crippen LogP contribution in [0.2, 0.25) is 0 Å². The van der Waals surface area contributed by atoms with Gasteiger partial charge in [-0.25, -0.2) is 0 Å². The highest BCUT2D eigenvalue weighted by molar-refractivity contribution is 6.07. The van der Waals surface area contributed by atoms with E-state index >= 15 is 0 Å². The largest absolute Gasteiger partial charge is 0.344 e. The van der Waals surface area contributed by atoms with Crippen LogP contribution in [0.15, 0.2) is 36.7 Å². The first-order chi connectivity index (χ1) is 9.75. The van der Waals surface area contributed by atoms with Crippen LogP contribution in [-0.4, -0.2) is 16.1 Å². The third-order valence-electron chi connectivity index (χ3n) is 5.12. The molecule has 4 rings (SSSR count). The molecule has 0 amide bonds. The Hall–Kier alpha value is -1.87. The Balaban J connectivity index is 2.01. The Morgan fingerprint density at radius 2 is 2.00 bits per heavy atom. The van der Waals surface area contributed by atoms with Crippen LogP contribution in [0.1, 0.15) is 24.8 Å². The molecule has 0 unspecified atom stereocenters. The fourth-order valence-corrected chi connectivity index (χ4v) is 3.61. The van der Waals surface area contributed by atoms with E-state index in [1.165, 1.54) is 46.6 Å². The van der Waals surface area contributed by atoms with Gasteiger partial charge >= 0.3 is 0 Å². The summed E-state index contributed by atoms with van der Waals surface area (Å²) in [7, 11) is 2.12. The number of hydrogen-bond acceptors (Lipinski definition) is 2. The lowest BCUT2D eigenvalue weighted by Gasteiger charge is -2.41. The Kier molecular flexibility index (Phi) is 2.42. The zero-order valence-electron chi connectivity index (χ0n) is 11.8. The summed E-state index contributed by atoms with van der Waals surface area (Å²) in [5, 5.41) is 2.53. The van der Waals surface area contributed by atoms with E-state index in [0.29, 0.717) is 0 Å². The molecular formula is C17H19N3. The fourth-order valence-electron chi connectivity index (χ4n) is 3.61. The van der Waals surface area contributed by atoms with E-state index in [1.807, 2.05) is 12.4 Å². The average molecular weight is 265 g/mol. The number of nitrogens with two attached hydrogens (primary N) is 1. The van der Waals surface area contributed by atoms with Gasteiger partial charge < -0.3 is 10.3 Å². The van der Waals surface area contributed by atoms with Crippen molar-refractivity contribution in [2.75, 3.05) is 6.54 Å². The minimum absolute atomic E-state index is 0.221. The molecule has 2 N–H and O–H groups in total. The molecule has 3 aromatic rings. The molecule has 0 saturated heterocycles. The van der Waals surface area contributed by atoms with Gasteiger partial charge in [0, 0.05) is 47.7 Å². The normalized spacial score (nSPS) is 17.5. The van der Waals surface area contributed by atoms with Crippen LogP contribution >= 0.6 is 0 Å². The molecule has 0 atom stereocenters. The van der Waals surface area contributed by atoms with Crippen molar-refractivity contribution in [2.24, 2.45) is 12.8 Å². The maximum absolute atomic E-state index is 6.05. The second-order valence-corrected chi connectivity index (χ2v) is 6.02. The van der Waals surface area contributed by atoms with Crippen LogP contribution < -0.4 is 5.73 Å². The summed E-state index contributed by atoms with van der Waals surface area (Å²) >= 11 is 0. The highest BCUT2D eigenvalue weighted by Gasteiger charge is 2.37. The minimum Gasteiger partial charge on any atom is -0.344 e. The highest BCUT2D eigenvalue weighted by atomic mass is 14.9. The topological polar surface area (TPSA) is 43.8 Å². The zero-order chi connectivity index (χ0) is 13.7. The lowest BCUT2D eigenvalue weighted by molar-refractivity contribution is 0.253. The quantitative estimate of drug-likeness (QED) is 0.773. The fraction of sp³-hybridized carbons (Fsp3) is 0.353. The van der Waals surface area contributed by atoms with Gasteiger partial charge in [0.25, 0.3) is 0 Å². The maximum atomic E-state index is 6.05. The number of nitrogens with zero attached hydrogens (tertiary/aromatic N) is 2. The lowest BCUT2D eigenvalue weighted by Crippen LogP contribution is -2.41. The van der Waals surface area contributed by atoms with E-state index in [0.717, 1.165) is 6.54 Å². The van der Waals surface area contributed by atoms with Crippen LogP contribution in [0.3, 0.4) is 0 Å². The molecule has 1 saturated carbocycles. The number of hydrogen-bond donors (Lipinski definition) is 1. The van der Waals surface area contributed by atoms with E-state index < -0.39 is 0 Å². The van der Waals surface area contributed by atoms with E-state index in [2.05, 4.69) is 40.9 Å². The Bertz CT molecular complexity index is 791. The van der Waals surface area contributed by atoms with Gasteiger partial charge in [0.15, 0.2) is 0 Å². The summed E-state index contributed by atoms with van der Waals surface area (Å²) in [6.07, 6.45) is 7.56. The third kappa shape index (κ3) is 1.41. The zero-order valence-corrected chi connectivity index (χ0v) is 11.8. The summed E-state index contributed by atoms with van der Waals surface area (Å²) in [6, 6.07) is 8.92. The number of pyridine rings is 1. The van der Waals surface area contributed by atoms with Crippen LogP contribution in [0.25, 0.3) is 21.8 Å². The minimum atomic E-state index is 0.221. The first kappa shape index (κ1) is 11.9. The molecule has 2 aromatic heterocycles. The van der Waals surface area contributed by atoms with Crippen molar-refractivity contribution in [1.29, 1.82) is 0 Å². The lowest BCUT2D eigenvalue weighted by atomic mass is 9.64. The van der Waals surface area contributed by atoms with Crippen molar-refractivity contribution in [2.45, 2.75) is 24.7 Å². The van der Waals surface area contributed by atoms with Gasteiger partial charge in [-0.05, 0) is 36.6 Å². The van der Waals surface area contributed by atoms with Crippen LogP contribution in [-0.2, 0) is 12.5 Å². The molecule has 1 aromatic carbocycles. The predicted octanol–water partition coefficient (Wildman–Crippen LogP) is 3.11. The van der Waals surface area contributed by atoms with Gasteiger partial charge in [-0.3, -0.25) is 4.98 Å². The van der Waals surface area contributed by atoms with Crippen molar-refractivity contribution in [1.82, 2.24) is 9.55 Å². The molecule has 1 aliphatic rings. The van der Waals surface area contributed by atoms with Gasteiger partial charge in [-0.15, -0.1) is 0 Å². The summed E-state index contributed by atoms with van der Waals surface area (Å²) in [6.45, 7) is 0.752. The van der Waals surface area contributed by atoms with Crippen LogP contribution in [0.5, 0.6) is 0 Å². The molecule has 0 aliphatic heterocycles. The van der Waals surface area contributed by atoms with Crippen molar-refractivity contribution in [3.05, 3.63) is 42.2 Å². The van der Waals surface area contributed by atoms with Gasteiger partial charge in [0.1, 0.15) is 0 Å². The first-order valence-electron chi connectivity index (χ1n) is 7.28. The van der Waals surface area contributed by atoms with E-state index in [4.69, 9.17) is 5.73 Å². The SMILES string of the molecule is Cn1c2ccncc2c2cc(C3(CN)CCC3)ccc21. The van der Waals surface area contributed by atoms with E-state index in [-0.39, 0.29) is 5.41 Å². The number of rotatable bonds is 2. The predicted molar refractivity (Wildman–Crippen MR) is 82.8 cm³/mol. The van der Waals surface area contributed by atoms with Crippen LogP contribution in [0, 0.1) is 0 Å². The molecule has 0 bridgehead atoms. The Morgan fingerprint density at radius 3 is 2.70 bits per heavy atom. The summed E-state index contributed by atoms with van der Waals surface area (Å²) < 4.78 is 2.24. The van der Waals surface area contributed by atoms with E-state index in [1.54, 1.807) is 0 Å². The molecule has 3 nitrogen and oxygen atoms in total. The molecule has 3 heteroatoms. The number of aromatic nitrogens is 2. The van der Waals surface area contributed by atoms with Crippen molar-refractivity contribution >= 4 is 21.8 Å². The first-order valence-corrected chi connectivity index (χ1v) is 7.28. The second-order valence-electron chi connectivity index (χ2n) is 6.02. The molecule has 1 aliphatic carbocycles. The number of fused-ring (bicyclic) bond motifs is 3. The smallest absolute Gasteiger partial charge is 0.0519 e. The van der Waals surface area contributed by atoms with Gasteiger partial charge in [-0.1, -0.05) is 12.5 Å². The Morgan fingerprint density at radius 1 is 1.20 bits per heavy atom. The standard InChI is InChI=1S/C17H19N3/c1-20-15-4-3-12(17(11-18)6-2-7-17)9-13(15)14-10-19-8-5-16(14)20/h3-5,8-10H,2,6-7,11,18H2,1H3. The van der Waals surface area contributed by atoms with E-state index in [9.17, 15) is 0 Å². The van der Waals surface area contributed by atoms with Crippen LogP contribution in [0.4, 0.5) is 0 Å². The Labute approximate surface area is 118 Å². The molecule has 1 fully saturated rings. The molecular weight excluding hydrogens is 246 g/mol. The molecule has 2 heterocycles. The second kappa shape index (κ2) is 4.06. The molecule has 0 radical (unpaired) electrons. The number of benzene rings is 1. The van der Waals surface area contributed by atoms with Crippen molar-refractivity contribution in [3.63, 3.8) is 0 Å². The van der Waals surface area contributed by atoms with Crippen molar-refractivity contribution in [3.8, 4) is 0 Å². The van der Waals surface area contributed by atoms with Crippen molar-refractivity contribution < 1.29 is 0 Å². The summed E-state index contributed by atoms with van der Waals surface area (Å²) in [4.78, 5) is 4.28. The number of aryl methyl sites for hydroxylation is 1. The highest BCUT2D eigenvalue weighted by Crippen LogP contribution is 2.44. The summed E-state index contributed by atoms with van der Waals surface area (Å²) in [5.41, 5.74) is 10.2. The molecule has 20 heavy (non-hydrogen) atoms. The maximum Gasteiger partial charge on any atom is 0.0519 e. The van der Waals surface area contributed by atoms with Gasteiger partial charge in [0.05, 0.1) is 5.52 Å². The molecule has 0 spiro atoms. The third-order valence-corrected chi connectivity index (χ3v) is 5.12. The van der Waals surface area contributed by atoms with Gasteiger partial charge in [0.2, 0.25) is 0 Å². The van der Waals surface area contributed by atoms with Gasteiger partial charge in [-0.2, -0.15) is 0 Å².